The number of benzene rings is 2. The number of carbonyl (C=O) groups excluding carboxylic acids is 2. The number of aryl methyl sites for hydroxylation is 2. The maximum Gasteiger partial charge on any atom is 0.316 e. The predicted molar refractivity (Wildman–Crippen MR) is 96.4 cm³/mol. The lowest BCUT2D eigenvalue weighted by molar-refractivity contribution is -0.137. The molecule has 2 aromatic carbocycles. The summed E-state index contributed by atoms with van der Waals surface area (Å²) in [7, 11) is 0. The number of aliphatic hydroxyl groups excluding tert-OH is 1. The van der Waals surface area contributed by atoms with Gasteiger partial charge in [0.05, 0.1) is 6.10 Å². The van der Waals surface area contributed by atoms with E-state index in [1.165, 1.54) is 4.90 Å². The fourth-order valence-corrected chi connectivity index (χ4v) is 3.28. The van der Waals surface area contributed by atoms with Crippen molar-refractivity contribution in [2.24, 2.45) is 0 Å². The van der Waals surface area contributed by atoms with Crippen LogP contribution in [0.3, 0.4) is 0 Å². The number of carbonyl (C=O) groups is 2. The van der Waals surface area contributed by atoms with Gasteiger partial charge in [-0.3, -0.25) is 9.59 Å². The molecule has 3 rings (SSSR count). The number of nitrogens with one attached hydrogen (secondary N) is 1. The van der Waals surface area contributed by atoms with Gasteiger partial charge in [-0.2, -0.15) is 0 Å². The lowest BCUT2D eigenvalue weighted by Crippen LogP contribution is -2.43. The van der Waals surface area contributed by atoms with Crippen LogP contribution in [0, 0.1) is 13.8 Å². The van der Waals surface area contributed by atoms with E-state index in [-0.39, 0.29) is 6.54 Å². The zero-order valence-electron chi connectivity index (χ0n) is 14.5. The van der Waals surface area contributed by atoms with Crippen LogP contribution in [0.2, 0.25) is 0 Å². The van der Waals surface area contributed by atoms with Gasteiger partial charge in [0.25, 0.3) is 0 Å². The van der Waals surface area contributed by atoms with E-state index in [2.05, 4.69) is 5.32 Å². The SMILES string of the molecule is Cc1ccccc1C(O)CNC(=O)C(=O)N1CCc2c(C)cccc21. The fourth-order valence-electron chi connectivity index (χ4n) is 3.28. The molecule has 0 spiro atoms. The van der Waals surface area contributed by atoms with E-state index < -0.39 is 17.9 Å². The summed E-state index contributed by atoms with van der Waals surface area (Å²) in [5, 5.41) is 12.8. The smallest absolute Gasteiger partial charge is 0.316 e. The molecule has 1 atom stereocenters. The zero-order chi connectivity index (χ0) is 18.0. The first kappa shape index (κ1) is 17.2. The minimum atomic E-state index is -0.842. The van der Waals surface area contributed by atoms with Crippen molar-refractivity contribution in [1.82, 2.24) is 5.32 Å². The van der Waals surface area contributed by atoms with Gasteiger partial charge >= 0.3 is 11.8 Å². The highest BCUT2D eigenvalue weighted by molar-refractivity contribution is 6.40. The van der Waals surface area contributed by atoms with E-state index in [0.717, 1.165) is 34.4 Å². The molecule has 0 saturated carbocycles. The number of amides is 2. The van der Waals surface area contributed by atoms with Gasteiger partial charge in [0.1, 0.15) is 0 Å². The third kappa shape index (κ3) is 3.42. The maximum absolute atomic E-state index is 12.5. The summed E-state index contributed by atoms with van der Waals surface area (Å²) in [5.41, 5.74) is 4.74. The summed E-state index contributed by atoms with van der Waals surface area (Å²) >= 11 is 0. The molecule has 5 heteroatoms. The average molecular weight is 338 g/mol. The summed E-state index contributed by atoms with van der Waals surface area (Å²) in [6.45, 7) is 4.41. The summed E-state index contributed by atoms with van der Waals surface area (Å²) in [5.74, 6) is -1.27. The maximum atomic E-state index is 12.5. The average Bonchev–Trinajstić information content (AvgIpc) is 3.04. The normalized spacial score (nSPS) is 14.1. The van der Waals surface area contributed by atoms with E-state index in [9.17, 15) is 14.7 Å². The Kier molecular flexibility index (Phi) is 4.86. The van der Waals surface area contributed by atoms with Gasteiger partial charge in [0.2, 0.25) is 0 Å². The first-order valence-electron chi connectivity index (χ1n) is 8.41. The van der Waals surface area contributed by atoms with Crippen molar-refractivity contribution < 1.29 is 14.7 Å². The Morgan fingerprint density at radius 2 is 1.84 bits per heavy atom. The number of hydrogen-bond acceptors (Lipinski definition) is 3. The van der Waals surface area contributed by atoms with Crippen molar-refractivity contribution in [3.05, 3.63) is 64.7 Å². The van der Waals surface area contributed by atoms with Crippen LogP contribution in [0.15, 0.2) is 42.5 Å². The van der Waals surface area contributed by atoms with Gasteiger partial charge in [-0.15, -0.1) is 0 Å². The third-order valence-electron chi connectivity index (χ3n) is 4.70. The van der Waals surface area contributed by atoms with E-state index in [0.29, 0.717) is 6.54 Å². The van der Waals surface area contributed by atoms with Gasteiger partial charge in [-0.1, -0.05) is 36.4 Å². The molecule has 0 fully saturated rings. The third-order valence-corrected chi connectivity index (χ3v) is 4.70. The Morgan fingerprint density at radius 1 is 1.12 bits per heavy atom. The topological polar surface area (TPSA) is 69.6 Å². The molecule has 2 amide bonds. The van der Waals surface area contributed by atoms with E-state index in [1.807, 2.05) is 56.3 Å². The summed E-state index contributed by atoms with van der Waals surface area (Å²) in [6.07, 6.45) is -0.0848. The highest BCUT2D eigenvalue weighted by Crippen LogP contribution is 2.30. The van der Waals surface area contributed by atoms with Crippen molar-refractivity contribution in [3.63, 3.8) is 0 Å². The second-order valence-electron chi connectivity index (χ2n) is 6.36. The Bertz CT molecular complexity index is 816. The fraction of sp³-hybridized carbons (Fsp3) is 0.300. The molecule has 130 valence electrons. The van der Waals surface area contributed by atoms with Gasteiger partial charge in [-0.05, 0) is 48.6 Å². The molecule has 1 aliphatic rings. The standard InChI is InChI=1S/C20H22N2O3/c1-13-7-5-9-17-15(13)10-11-22(17)20(25)19(24)21-12-18(23)16-8-4-3-6-14(16)2/h3-9,18,23H,10-12H2,1-2H3,(H,21,24). The van der Waals surface area contributed by atoms with E-state index in [4.69, 9.17) is 0 Å². The number of nitrogens with zero attached hydrogens (tertiary/aromatic N) is 1. The van der Waals surface area contributed by atoms with Gasteiger partial charge < -0.3 is 15.3 Å². The lowest BCUT2D eigenvalue weighted by Gasteiger charge is -2.18. The Labute approximate surface area is 147 Å². The number of anilines is 1. The first-order chi connectivity index (χ1) is 12.0. The number of aliphatic hydroxyl groups is 1. The van der Waals surface area contributed by atoms with Crippen LogP contribution in [0.5, 0.6) is 0 Å². The van der Waals surface area contributed by atoms with Crippen molar-refractivity contribution >= 4 is 17.5 Å². The number of fused-ring (bicyclic) bond motifs is 1. The van der Waals surface area contributed by atoms with Crippen LogP contribution in [0.25, 0.3) is 0 Å². The van der Waals surface area contributed by atoms with Crippen molar-refractivity contribution in [2.75, 3.05) is 18.0 Å². The largest absolute Gasteiger partial charge is 0.387 e. The summed E-state index contributed by atoms with van der Waals surface area (Å²) < 4.78 is 0. The van der Waals surface area contributed by atoms with Crippen LogP contribution in [0.4, 0.5) is 5.69 Å². The minimum absolute atomic E-state index is 0.00391. The van der Waals surface area contributed by atoms with Crippen LogP contribution in [-0.4, -0.2) is 30.0 Å². The molecule has 2 N–H and O–H groups in total. The molecule has 25 heavy (non-hydrogen) atoms. The van der Waals surface area contributed by atoms with Crippen molar-refractivity contribution in [1.29, 1.82) is 0 Å². The zero-order valence-corrected chi connectivity index (χ0v) is 14.5. The van der Waals surface area contributed by atoms with Gasteiger partial charge in [0.15, 0.2) is 0 Å². The molecule has 0 aliphatic carbocycles. The minimum Gasteiger partial charge on any atom is -0.387 e. The quantitative estimate of drug-likeness (QED) is 0.842. The van der Waals surface area contributed by atoms with Gasteiger partial charge in [-0.25, -0.2) is 0 Å². The lowest BCUT2D eigenvalue weighted by atomic mass is 10.0. The number of rotatable bonds is 3. The predicted octanol–water partition coefficient (Wildman–Crippen LogP) is 2.04. The van der Waals surface area contributed by atoms with Crippen molar-refractivity contribution in [2.45, 2.75) is 26.4 Å². The molecule has 2 aromatic rings. The second kappa shape index (κ2) is 7.07. The highest BCUT2D eigenvalue weighted by atomic mass is 16.3. The van der Waals surface area contributed by atoms with E-state index >= 15 is 0 Å². The second-order valence-corrected chi connectivity index (χ2v) is 6.36. The van der Waals surface area contributed by atoms with Crippen LogP contribution in [0.1, 0.15) is 28.4 Å². The molecule has 0 radical (unpaired) electrons. The first-order valence-corrected chi connectivity index (χ1v) is 8.41. The van der Waals surface area contributed by atoms with Gasteiger partial charge in [0, 0.05) is 18.8 Å². The molecule has 0 bridgehead atoms. The van der Waals surface area contributed by atoms with E-state index in [1.54, 1.807) is 0 Å². The summed E-state index contributed by atoms with van der Waals surface area (Å²) in [4.78, 5) is 26.2. The van der Waals surface area contributed by atoms with Crippen LogP contribution >= 0.6 is 0 Å². The molecule has 0 aromatic heterocycles. The molecule has 5 nitrogen and oxygen atoms in total. The molecule has 0 saturated heterocycles. The Balaban J connectivity index is 1.64. The number of hydrogen-bond donors (Lipinski definition) is 2. The molecule has 1 aliphatic heterocycles. The monoisotopic (exact) mass is 338 g/mol. The molecule has 1 unspecified atom stereocenters. The van der Waals surface area contributed by atoms with Crippen LogP contribution < -0.4 is 10.2 Å². The molecule has 1 heterocycles. The highest BCUT2D eigenvalue weighted by Gasteiger charge is 2.30. The Morgan fingerprint density at radius 3 is 2.60 bits per heavy atom. The molecular weight excluding hydrogens is 316 g/mol. The van der Waals surface area contributed by atoms with Crippen molar-refractivity contribution in [3.8, 4) is 0 Å². The summed E-state index contributed by atoms with van der Waals surface area (Å²) in [6, 6.07) is 13.2. The van der Waals surface area contributed by atoms with Crippen LogP contribution in [-0.2, 0) is 16.0 Å². The Hall–Kier alpha value is -2.66. The molecular formula is C20H22N2O3.